The molecule has 0 aliphatic rings. The van der Waals surface area contributed by atoms with E-state index in [1.165, 1.54) is 6.20 Å². The van der Waals surface area contributed by atoms with Crippen LogP contribution in [0.4, 0.5) is 5.69 Å². The van der Waals surface area contributed by atoms with E-state index in [0.29, 0.717) is 23.4 Å². The zero-order valence-corrected chi connectivity index (χ0v) is 11.5. The van der Waals surface area contributed by atoms with Crippen LogP contribution in [-0.2, 0) is 4.74 Å². The average molecular weight is 275 g/mol. The number of carbonyl (C=O) groups is 1. The fourth-order valence-corrected chi connectivity index (χ4v) is 1.83. The Morgan fingerprint density at radius 2 is 2.30 bits per heavy atom. The number of aliphatic hydroxyl groups is 1. The molecular weight excluding hydrogens is 258 g/mol. The minimum absolute atomic E-state index is 0.0462. The predicted molar refractivity (Wildman–Crippen MR) is 75.7 cm³/mol. The third-order valence-electron chi connectivity index (χ3n) is 2.67. The molecule has 0 aromatic carbocycles. The summed E-state index contributed by atoms with van der Waals surface area (Å²) < 4.78 is 5.04. The molecule has 2 N–H and O–H groups in total. The van der Waals surface area contributed by atoms with Gasteiger partial charge in [0.25, 0.3) is 0 Å². The van der Waals surface area contributed by atoms with E-state index in [4.69, 9.17) is 4.74 Å². The molecule has 0 spiro atoms. The minimum atomic E-state index is -0.698. The Kier molecular flexibility index (Phi) is 4.47. The molecule has 106 valence electrons. The molecule has 2 aromatic heterocycles. The first-order valence-electron chi connectivity index (χ1n) is 6.46. The summed E-state index contributed by atoms with van der Waals surface area (Å²) in [5.74, 6) is -0.514. The van der Waals surface area contributed by atoms with Crippen LogP contribution in [0.3, 0.4) is 0 Å². The van der Waals surface area contributed by atoms with Crippen molar-refractivity contribution >= 4 is 22.7 Å². The lowest BCUT2D eigenvalue weighted by atomic mass is 10.1. The molecule has 1 atom stereocenters. The van der Waals surface area contributed by atoms with Gasteiger partial charge in [-0.05, 0) is 26.0 Å². The molecule has 0 saturated carbocycles. The van der Waals surface area contributed by atoms with Crippen molar-refractivity contribution in [1.29, 1.82) is 0 Å². The summed E-state index contributed by atoms with van der Waals surface area (Å²) in [7, 11) is 0. The Balaban J connectivity index is 2.41. The van der Waals surface area contributed by atoms with Crippen molar-refractivity contribution in [2.45, 2.75) is 20.0 Å². The second-order valence-corrected chi connectivity index (χ2v) is 4.40. The minimum Gasteiger partial charge on any atom is -0.459 e. The summed E-state index contributed by atoms with van der Waals surface area (Å²) in [6.45, 7) is 4.11. The largest absolute Gasteiger partial charge is 0.459 e. The molecule has 0 fully saturated rings. The van der Waals surface area contributed by atoms with E-state index in [1.54, 1.807) is 19.2 Å². The maximum Gasteiger partial charge on any atom is 0.341 e. The third kappa shape index (κ3) is 3.03. The van der Waals surface area contributed by atoms with Crippen LogP contribution in [0.2, 0.25) is 0 Å². The van der Waals surface area contributed by atoms with Gasteiger partial charge in [-0.25, -0.2) is 14.8 Å². The maximum atomic E-state index is 12.1. The molecule has 0 amide bonds. The number of esters is 1. The Labute approximate surface area is 116 Å². The van der Waals surface area contributed by atoms with Crippen molar-refractivity contribution in [3.63, 3.8) is 0 Å². The molecule has 0 aliphatic carbocycles. The van der Waals surface area contributed by atoms with Crippen LogP contribution in [-0.4, -0.2) is 40.3 Å². The van der Waals surface area contributed by atoms with Gasteiger partial charge in [0.15, 0.2) is 5.65 Å². The van der Waals surface area contributed by atoms with Crippen LogP contribution in [0.5, 0.6) is 0 Å². The highest BCUT2D eigenvalue weighted by molar-refractivity contribution is 6.04. The molecule has 2 heterocycles. The van der Waals surface area contributed by atoms with Gasteiger partial charge in [-0.3, -0.25) is 0 Å². The first-order valence-corrected chi connectivity index (χ1v) is 6.46. The fourth-order valence-electron chi connectivity index (χ4n) is 1.83. The number of aromatic nitrogens is 2. The lowest BCUT2D eigenvalue weighted by Gasteiger charge is -2.13. The number of rotatable bonds is 5. The monoisotopic (exact) mass is 275 g/mol. The molecule has 2 rings (SSSR count). The highest BCUT2D eigenvalue weighted by Crippen LogP contribution is 2.25. The first-order chi connectivity index (χ1) is 9.63. The van der Waals surface area contributed by atoms with Gasteiger partial charge in [0.1, 0.15) is 12.2 Å². The predicted octanol–water partition coefficient (Wildman–Crippen LogP) is 1.60. The molecule has 0 unspecified atom stereocenters. The Hall–Kier alpha value is -2.21. The third-order valence-corrected chi connectivity index (χ3v) is 2.67. The van der Waals surface area contributed by atoms with Crippen molar-refractivity contribution in [1.82, 2.24) is 9.97 Å². The standard InChI is InChI=1S/C14H17N3O3/c1-3-15-12-10-5-4-6-16-13(10)17-7-11(12)14(19)20-8-9(2)18/h4-7,9,18H,3,8H2,1-2H3,(H,15,16,17)/t9-/m0/s1. The summed E-state index contributed by atoms with van der Waals surface area (Å²) in [4.78, 5) is 20.4. The summed E-state index contributed by atoms with van der Waals surface area (Å²) in [5.41, 5.74) is 1.56. The number of fused-ring (bicyclic) bond motifs is 1. The summed E-state index contributed by atoms with van der Waals surface area (Å²) in [5, 5.41) is 13.1. The smallest absolute Gasteiger partial charge is 0.341 e. The van der Waals surface area contributed by atoms with Gasteiger partial charge in [-0.15, -0.1) is 0 Å². The summed E-state index contributed by atoms with van der Waals surface area (Å²) in [6.07, 6.45) is 2.39. The normalized spacial score (nSPS) is 12.2. The molecule has 0 saturated heterocycles. The summed E-state index contributed by atoms with van der Waals surface area (Å²) in [6, 6.07) is 3.63. The first kappa shape index (κ1) is 14.2. The van der Waals surface area contributed by atoms with Crippen LogP contribution in [0.15, 0.2) is 24.5 Å². The van der Waals surface area contributed by atoms with Crippen molar-refractivity contribution in [2.24, 2.45) is 0 Å². The highest BCUT2D eigenvalue weighted by atomic mass is 16.5. The van der Waals surface area contributed by atoms with E-state index in [0.717, 1.165) is 5.39 Å². The number of anilines is 1. The van der Waals surface area contributed by atoms with Crippen LogP contribution in [0.1, 0.15) is 24.2 Å². The molecule has 6 nitrogen and oxygen atoms in total. The number of hydrogen-bond donors (Lipinski definition) is 2. The Bertz CT molecular complexity index is 614. The Morgan fingerprint density at radius 1 is 1.50 bits per heavy atom. The van der Waals surface area contributed by atoms with Crippen LogP contribution >= 0.6 is 0 Å². The van der Waals surface area contributed by atoms with Gasteiger partial charge in [0, 0.05) is 24.3 Å². The lowest BCUT2D eigenvalue weighted by Crippen LogP contribution is -2.17. The van der Waals surface area contributed by atoms with Gasteiger partial charge in [-0.1, -0.05) is 0 Å². The SMILES string of the molecule is CCNc1c(C(=O)OC[C@H](C)O)cnc2ncccc12. The van der Waals surface area contributed by atoms with Crippen molar-refractivity contribution in [3.8, 4) is 0 Å². The zero-order valence-electron chi connectivity index (χ0n) is 11.5. The number of hydrogen-bond acceptors (Lipinski definition) is 6. The highest BCUT2D eigenvalue weighted by Gasteiger charge is 2.17. The van der Waals surface area contributed by atoms with Gasteiger partial charge < -0.3 is 15.2 Å². The number of nitrogens with zero attached hydrogens (tertiary/aromatic N) is 2. The second kappa shape index (κ2) is 6.29. The topological polar surface area (TPSA) is 84.3 Å². The van der Waals surface area contributed by atoms with Crippen molar-refractivity contribution in [2.75, 3.05) is 18.5 Å². The molecule has 6 heteroatoms. The average Bonchev–Trinajstić information content (AvgIpc) is 2.45. The van der Waals surface area contributed by atoms with Crippen molar-refractivity contribution in [3.05, 3.63) is 30.1 Å². The molecular formula is C14H17N3O3. The second-order valence-electron chi connectivity index (χ2n) is 4.40. The van der Waals surface area contributed by atoms with E-state index in [-0.39, 0.29) is 6.61 Å². The molecule has 0 aliphatic heterocycles. The lowest BCUT2D eigenvalue weighted by molar-refractivity contribution is 0.0297. The number of ether oxygens (including phenoxy) is 1. The molecule has 20 heavy (non-hydrogen) atoms. The fraction of sp³-hybridized carbons (Fsp3) is 0.357. The molecule has 0 radical (unpaired) electrons. The Morgan fingerprint density at radius 3 is 3.00 bits per heavy atom. The van der Waals surface area contributed by atoms with E-state index in [1.807, 2.05) is 13.0 Å². The number of aliphatic hydroxyl groups excluding tert-OH is 1. The van der Waals surface area contributed by atoms with E-state index >= 15 is 0 Å². The van der Waals surface area contributed by atoms with Crippen LogP contribution in [0, 0.1) is 0 Å². The van der Waals surface area contributed by atoms with Crippen LogP contribution in [0.25, 0.3) is 11.0 Å². The van der Waals surface area contributed by atoms with Gasteiger partial charge in [0.05, 0.1) is 11.8 Å². The number of pyridine rings is 2. The van der Waals surface area contributed by atoms with E-state index in [2.05, 4.69) is 15.3 Å². The quantitative estimate of drug-likeness (QED) is 0.806. The van der Waals surface area contributed by atoms with E-state index in [9.17, 15) is 9.90 Å². The van der Waals surface area contributed by atoms with Gasteiger partial charge in [-0.2, -0.15) is 0 Å². The molecule has 2 aromatic rings. The zero-order chi connectivity index (χ0) is 14.5. The van der Waals surface area contributed by atoms with Crippen LogP contribution < -0.4 is 5.32 Å². The van der Waals surface area contributed by atoms with Gasteiger partial charge in [0.2, 0.25) is 0 Å². The molecule has 0 bridgehead atoms. The summed E-state index contributed by atoms with van der Waals surface area (Å²) >= 11 is 0. The number of carbonyl (C=O) groups excluding carboxylic acids is 1. The van der Waals surface area contributed by atoms with Crippen molar-refractivity contribution < 1.29 is 14.6 Å². The number of nitrogens with one attached hydrogen (secondary N) is 1. The van der Waals surface area contributed by atoms with Gasteiger partial charge >= 0.3 is 5.97 Å². The maximum absolute atomic E-state index is 12.1. The van der Waals surface area contributed by atoms with E-state index < -0.39 is 12.1 Å².